The lowest BCUT2D eigenvalue weighted by molar-refractivity contribution is 0.0586. The molecule has 0 aliphatic carbocycles. The molecule has 3 amide bonds. The highest BCUT2D eigenvalue weighted by Gasteiger charge is 2.34. The van der Waals surface area contributed by atoms with E-state index in [1.54, 1.807) is 59.2 Å². The van der Waals surface area contributed by atoms with Crippen molar-refractivity contribution in [2.45, 2.75) is 57.1 Å². The molecule has 5 aromatic carbocycles. The molecule has 1 aromatic heterocycles. The van der Waals surface area contributed by atoms with Gasteiger partial charge < -0.3 is 19.8 Å². The van der Waals surface area contributed by atoms with Crippen LogP contribution in [0.2, 0.25) is 20.1 Å². The molecule has 6 aromatic rings. The molecule has 63 heavy (non-hydrogen) atoms. The first kappa shape index (κ1) is 46.2. The molecule has 328 valence electrons. The second-order valence-electron chi connectivity index (χ2n) is 15.6. The summed E-state index contributed by atoms with van der Waals surface area (Å²) in [6.45, 7) is 5.48. The number of carbonyl (C=O) groups is 3. The van der Waals surface area contributed by atoms with E-state index in [-0.39, 0.29) is 53.3 Å². The standard InChI is InChI=1S/C47H46Cl4N6O5S/c1-4-5-19-55(26-30-13-17-40(49)41(50)22-30)47(61)44-43(51)29(2)57(52-44)42-18-15-33(45(59)53-63(62)36-16-14-31-11-8-12-39(48)37(31)25-36)24-38(42)46(60)56-27-34-10-7-6-9-32(34)23-35(56)28-54(3)20-21-58/h6-18,22,24-25,35,58H,4-5,19-21,23,26-28H2,1-3H3,(H,53,59)/t35-,63?/m1/s1. The number of benzene rings is 5. The van der Waals surface area contributed by atoms with Crippen LogP contribution in [-0.2, 0) is 30.5 Å². The molecule has 2 N–H and O–H groups in total. The smallest absolute Gasteiger partial charge is 0.276 e. The maximum absolute atomic E-state index is 15.2. The number of unbranched alkanes of at least 4 members (excludes halogenated alkanes) is 1. The van der Waals surface area contributed by atoms with E-state index >= 15 is 4.79 Å². The number of amides is 3. The Kier molecular flexibility index (Phi) is 14.9. The third-order valence-corrected chi connectivity index (χ3v) is 13.8. The van der Waals surface area contributed by atoms with Crippen LogP contribution in [0.4, 0.5) is 0 Å². The Balaban J connectivity index is 1.28. The predicted molar refractivity (Wildman–Crippen MR) is 251 cm³/mol. The van der Waals surface area contributed by atoms with Crippen LogP contribution in [0.25, 0.3) is 16.5 Å². The van der Waals surface area contributed by atoms with Gasteiger partial charge in [0.2, 0.25) is 0 Å². The third-order valence-electron chi connectivity index (χ3n) is 11.2. The minimum atomic E-state index is -1.98. The van der Waals surface area contributed by atoms with Crippen LogP contribution in [-0.4, -0.2) is 90.8 Å². The van der Waals surface area contributed by atoms with Gasteiger partial charge in [0.05, 0.1) is 43.5 Å². The molecule has 1 unspecified atom stereocenters. The zero-order valence-corrected chi connectivity index (χ0v) is 38.8. The summed E-state index contributed by atoms with van der Waals surface area (Å²) in [5.41, 5.74) is 3.72. The van der Waals surface area contributed by atoms with Crippen molar-refractivity contribution in [2.75, 3.05) is 33.3 Å². The summed E-state index contributed by atoms with van der Waals surface area (Å²) < 4.78 is 17.7. The van der Waals surface area contributed by atoms with Gasteiger partial charge in [-0.05, 0) is 97.4 Å². The number of fused-ring (bicyclic) bond motifs is 2. The summed E-state index contributed by atoms with van der Waals surface area (Å²) in [6, 6.07) is 28.0. The molecule has 0 saturated carbocycles. The van der Waals surface area contributed by atoms with Crippen LogP contribution in [0.5, 0.6) is 0 Å². The number of likely N-dealkylation sites (N-methyl/N-ethyl adjacent to an activating group) is 1. The lowest BCUT2D eigenvalue weighted by Gasteiger charge is -2.39. The van der Waals surface area contributed by atoms with E-state index in [4.69, 9.17) is 51.5 Å². The molecule has 0 fully saturated rings. The van der Waals surface area contributed by atoms with Crippen LogP contribution in [0, 0.1) is 6.92 Å². The zero-order chi connectivity index (χ0) is 44.9. The monoisotopic (exact) mass is 946 g/mol. The summed E-state index contributed by atoms with van der Waals surface area (Å²) in [4.78, 5) is 49.3. The molecule has 1 aliphatic heterocycles. The SMILES string of the molecule is CCCCN(Cc1ccc(Cl)c(Cl)c1)C(=O)c1nn(-c2ccc(C(=O)NS(=O)c3ccc4cccc(Cl)c4c3)cc2C(=O)N2Cc3ccccc3C[C@@H]2CN(C)CCO)c(C)c1Cl. The topological polar surface area (TPSA) is 128 Å². The highest BCUT2D eigenvalue weighted by Crippen LogP contribution is 2.32. The lowest BCUT2D eigenvalue weighted by Crippen LogP contribution is -2.50. The van der Waals surface area contributed by atoms with E-state index in [9.17, 15) is 18.9 Å². The lowest BCUT2D eigenvalue weighted by atomic mass is 9.92. The minimum absolute atomic E-state index is 0.00756. The van der Waals surface area contributed by atoms with Gasteiger partial charge in [0.15, 0.2) is 16.7 Å². The van der Waals surface area contributed by atoms with Crippen molar-refractivity contribution in [3.05, 3.63) is 156 Å². The van der Waals surface area contributed by atoms with E-state index in [1.165, 1.54) is 16.8 Å². The fraction of sp³-hybridized carbons (Fsp3) is 0.277. The average molecular weight is 949 g/mol. The van der Waals surface area contributed by atoms with Gasteiger partial charge in [-0.2, -0.15) is 5.10 Å². The number of aliphatic hydroxyl groups is 1. The molecular formula is C47H46Cl4N6O5S. The molecular weight excluding hydrogens is 902 g/mol. The summed E-state index contributed by atoms with van der Waals surface area (Å²) in [5, 5.41) is 17.4. The fourth-order valence-corrected chi connectivity index (χ4v) is 9.37. The molecule has 2 atom stereocenters. The number of halogens is 4. The Morgan fingerprint density at radius 3 is 2.41 bits per heavy atom. The van der Waals surface area contributed by atoms with Crippen molar-refractivity contribution in [2.24, 2.45) is 0 Å². The van der Waals surface area contributed by atoms with Crippen molar-refractivity contribution < 1.29 is 23.7 Å². The average Bonchev–Trinajstić information content (AvgIpc) is 3.57. The van der Waals surface area contributed by atoms with Gasteiger partial charge >= 0.3 is 0 Å². The van der Waals surface area contributed by atoms with Crippen molar-refractivity contribution in [1.82, 2.24) is 29.2 Å². The normalized spacial score (nSPS) is 14.2. The van der Waals surface area contributed by atoms with Gasteiger partial charge in [0, 0.05) is 54.7 Å². The third kappa shape index (κ3) is 10.3. The molecule has 0 saturated heterocycles. The van der Waals surface area contributed by atoms with Gasteiger partial charge in [0.25, 0.3) is 17.7 Å². The van der Waals surface area contributed by atoms with E-state index in [2.05, 4.69) is 10.8 Å². The molecule has 0 spiro atoms. The van der Waals surface area contributed by atoms with E-state index in [1.807, 2.05) is 55.3 Å². The molecule has 0 radical (unpaired) electrons. The van der Waals surface area contributed by atoms with E-state index in [0.29, 0.717) is 57.1 Å². The molecule has 11 nitrogen and oxygen atoms in total. The Morgan fingerprint density at radius 2 is 1.67 bits per heavy atom. The van der Waals surface area contributed by atoms with Crippen LogP contribution >= 0.6 is 46.4 Å². The highest BCUT2D eigenvalue weighted by molar-refractivity contribution is 7.83. The summed E-state index contributed by atoms with van der Waals surface area (Å²) in [7, 11) is -0.0974. The molecule has 2 heterocycles. The second-order valence-corrected chi connectivity index (χ2v) is 18.4. The first-order valence-electron chi connectivity index (χ1n) is 20.5. The first-order chi connectivity index (χ1) is 30.3. The number of hydrogen-bond donors (Lipinski definition) is 2. The van der Waals surface area contributed by atoms with Crippen LogP contribution < -0.4 is 4.72 Å². The number of rotatable bonds is 15. The minimum Gasteiger partial charge on any atom is -0.395 e. The van der Waals surface area contributed by atoms with Crippen molar-refractivity contribution in [3.63, 3.8) is 0 Å². The Morgan fingerprint density at radius 1 is 0.889 bits per heavy atom. The van der Waals surface area contributed by atoms with Crippen LogP contribution in [0.15, 0.2) is 102 Å². The molecule has 16 heteroatoms. The van der Waals surface area contributed by atoms with Crippen molar-refractivity contribution in [3.8, 4) is 5.69 Å². The molecule has 1 aliphatic rings. The number of aliphatic hydroxyl groups excluding tert-OH is 1. The van der Waals surface area contributed by atoms with Gasteiger partial charge in [-0.25, -0.2) is 8.89 Å². The van der Waals surface area contributed by atoms with E-state index < -0.39 is 28.7 Å². The van der Waals surface area contributed by atoms with Crippen molar-refractivity contribution >= 4 is 85.9 Å². The maximum Gasteiger partial charge on any atom is 0.276 e. The fourth-order valence-electron chi connectivity index (χ4n) is 7.79. The Labute approximate surface area is 389 Å². The maximum atomic E-state index is 15.2. The van der Waals surface area contributed by atoms with Gasteiger partial charge in [-0.1, -0.05) is 108 Å². The Bertz CT molecular complexity index is 2730. The van der Waals surface area contributed by atoms with Crippen molar-refractivity contribution in [1.29, 1.82) is 0 Å². The van der Waals surface area contributed by atoms with E-state index in [0.717, 1.165) is 34.9 Å². The number of hydrogen-bond acceptors (Lipinski definition) is 7. The number of aromatic nitrogens is 2. The van der Waals surface area contributed by atoms with Crippen LogP contribution in [0.3, 0.4) is 0 Å². The number of carbonyl (C=O) groups excluding carboxylic acids is 3. The largest absolute Gasteiger partial charge is 0.395 e. The summed E-state index contributed by atoms with van der Waals surface area (Å²) in [6.07, 6.45) is 2.11. The quantitative estimate of drug-likeness (QED) is 0.105. The second kappa shape index (κ2) is 20.4. The van der Waals surface area contributed by atoms with Gasteiger partial charge in [-0.3, -0.25) is 19.1 Å². The number of nitrogens with one attached hydrogen (secondary N) is 1. The number of nitrogens with zero attached hydrogens (tertiary/aromatic N) is 5. The highest BCUT2D eigenvalue weighted by atomic mass is 35.5. The summed E-state index contributed by atoms with van der Waals surface area (Å²) in [5.74, 6) is -1.50. The Hall–Kier alpha value is -4.79. The van der Waals surface area contributed by atoms with Crippen LogP contribution in [0.1, 0.15) is 73.4 Å². The first-order valence-corrected chi connectivity index (χ1v) is 23.1. The zero-order valence-electron chi connectivity index (χ0n) is 34.9. The summed E-state index contributed by atoms with van der Waals surface area (Å²) >= 11 is 25.9. The van der Waals surface area contributed by atoms with Gasteiger partial charge in [0.1, 0.15) is 0 Å². The molecule has 0 bridgehead atoms. The van der Waals surface area contributed by atoms with Gasteiger partial charge in [-0.15, -0.1) is 0 Å². The predicted octanol–water partition coefficient (Wildman–Crippen LogP) is 9.33. The molecule has 7 rings (SSSR count).